The number of aromatic nitrogens is 5. The lowest BCUT2D eigenvalue weighted by molar-refractivity contribution is 0.0944. The predicted octanol–water partition coefficient (Wildman–Crippen LogP) is 2.03. The number of nitrogens with one attached hydrogen (secondary N) is 3. The molecule has 27 heavy (non-hydrogen) atoms. The van der Waals surface area contributed by atoms with E-state index in [4.69, 9.17) is 0 Å². The Morgan fingerprint density at radius 3 is 3.04 bits per heavy atom. The van der Waals surface area contributed by atoms with Crippen LogP contribution in [0, 0.1) is 6.92 Å². The minimum absolute atomic E-state index is 0.107. The molecule has 0 bridgehead atoms. The molecule has 1 fully saturated rings. The van der Waals surface area contributed by atoms with Crippen LogP contribution >= 0.6 is 0 Å². The van der Waals surface area contributed by atoms with Gasteiger partial charge < -0.3 is 10.6 Å². The quantitative estimate of drug-likeness (QED) is 0.641. The molecule has 4 heterocycles. The topological polar surface area (TPSA) is 100 Å². The van der Waals surface area contributed by atoms with Gasteiger partial charge in [-0.25, -0.2) is 9.50 Å². The van der Waals surface area contributed by atoms with Crippen LogP contribution in [-0.4, -0.2) is 49.8 Å². The molecule has 1 saturated heterocycles. The Bertz CT molecular complexity index is 966. The largest absolute Gasteiger partial charge is 0.349 e. The van der Waals surface area contributed by atoms with Gasteiger partial charge in [-0.15, -0.1) is 0 Å². The molecular formula is C19H25N7O. The summed E-state index contributed by atoms with van der Waals surface area (Å²) in [5, 5.41) is 18.1. The van der Waals surface area contributed by atoms with Gasteiger partial charge in [0.05, 0.1) is 5.69 Å². The number of aromatic amines is 1. The molecule has 0 saturated carbocycles. The van der Waals surface area contributed by atoms with Crippen LogP contribution in [0.1, 0.15) is 54.2 Å². The van der Waals surface area contributed by atoms with Crippen LogP contribution in [0.4, 0.5) is 0 Å². The van der Waals surface area contributed by atoms with Crippen LogP contribution in [0.5, 0.6) is 0 Å². The van der Waals surface area contributed by atoms with Crippen molar-refractivity contribution in [3.8, 4) is 11.3 Å². The van der Waals surface area contributed by atoms with Gasteiger partial charge in [-0.05, 0) is 43.9 Å². The van der Waals surface area contributed by atoms with Crippen LogP contribution in [0.15, 0.2) is 18.6 Å². The Morgan fingerprint density at radius 1 is 1.44 bits per heavy atom. The molecule has 3 aromatic rings. The van der Waals surface area contributed by atoms with E-state index in [1.54, 1.807) is 4.52 Å². The molecule has 3 N–H and O–H groups in total. The number of fused-ring (bicyclic) bond motifs is 1. The van der Waals surface area contributed by atoms with Crippen LogP contribution in [0.2, 0.25) is 0 Å². The van der Waals surface area contributed by atoms with Gasteiger partial charge in [0.1, 0.15) is 12.0 Å². The molecule has 1 aliphatic rings. The third-order valence-corrected chi connectivity index (χ3v) is 5.11. The molecule has 1 amide bonds. The van der Waals surface area contributed by atoms with Crippen molar-refractivity contribution in [3.63, 3.8) is 0 Å². The Kier molecular flexibility index (Phi) is 4.65. The molecule has 1 atom stereocenters. The first-order valence-corrected chi connectivity index (χ1v) is 9.44. The average Bonchev–Trinajstić information content (AvgIpc) is 3.38. The Balaban J connectivity index is 1.66. The number of hydrogen-bond acceptors (Lipinski definition) is 5. The lowest BCUT2D eigenvalue weighted by atomic mass is 9.96. The van der Waals surface area contributed by atoms with E-state index in [1.807, 2.05) is 19.2 Å². The third-order valence-electron chi connectivity index (χ3n) is 5.11. The second-order valence-electron chi connectivity index (χ2n) is 7.46. The van der Waals surface area contributed by atoms with Gasteiger partial charge in [-0.1, -0.05) is 13.8 Å². The summed E-state index contributed by atoms with van der Waals surface area (Å²) in [6.45, 7) is 7.80. The number of amides is 1. The van der Waals surface area contributed by atoms with Crippen molar-refractivity contribution in [2.24, 2.45) is 0 Å². The van der Waals surface area contributed by atoms with Gasteiger partial charge in [0.25, 0.3) is 5.91 Å². The second kappa shape index (κ2) is 7.11. The fourth-order valence-corrected chi connectivity index (χ4v) is 3.76. The molecule has 0 aliphatic carbocycles. The lowest BCUT2D eigenvalue weighted by Crippen LogP contribution is -2.37. The van der Waals surface area contributed by atoms with E-state index in [-0.39, 0.29) is 11.8 Å². The third kappa shape index (κ3) is 3.32. The van der Waals surface area contributed by atoms with Crippen molar-refractivity contribution in [2.45, 2.75) is 45.6 Å². The summed E-state index contributed by atoms with van der Waals surface area (Å²) in [5.41, 5.74) is 5.00. The Labute approximate surface area is 157 Å². The highest BCUT2D eigenvalue weighted by Crippen LogP contribution is 2.31. The van der Waals surface area contributed by atoms with E-state index in [0.717, 1.165) is 47.4 Å². The van der Waals surface area contributed by atoms with Crippen LogP contribution in [0.25, 0.3) is 16.9 Å². The molecule has 1 aliphatic heterocycles. The molecule has 0 spiro atoms. The SMILES string of the molecule is Cc1cc(-c2n[nH]c(C(=O)NC[C@@H]3CCCN3)c2C(C)C)cn2ncnc12. The summed E-state index contributed by atoms with van der Waals surface area (Å²) in [5.74, 6) is 0.0422. The normalized spacial score (nSPS) is 17.1. The van der Waals surface area contributed by atoms with E-state index in [2.05, 4.69) is 44.8 Å². The number of aryl methyl sites for hydroxylation is 1. The number of hydrogen-bond donors (Lipinski definition) is 3. The van der Waals surface area contributed by atoms with Gasteiger partial charge in [0.2, 0.25) is 0 Å². The summed E-state index contributed by atoms with van der Waals surface area (Å²) in [6, 6.07) is 2.40. The highest BCUT2D eigenvalue weighted by atomic mass is 16.1. The number of nitrogens with zero attached hydrogens (tertiary/aromatic N) is 4. The number of H-pyrrole nitrogens is 1. The fourth-order valence-electron chi connectivity index (χ4n) is 3.76. The molecule has 3 aromatic heterocycles. The zero-order valence-corrected chi connectivity index (χ0v) is 15.9. The van der Waals surface area contributed by atoms with Crippen molar-refractivity contribution in [1.29, 1.82) is 0 Å². The van der Waals surface area contributed by atoms with Gasteiger partial charge in [0, 0.05) is 29.9 Å². The van der Waals surface area contributed by atoms with Crippen LogP contribution in [0.3, 0.4) is 0 Å². The maximum atomic E-state index is 12.8. The molecular weight excluding hydrogens is 342 g/mol. The first-order valence-electron chi connectivity index (χ1n) is 9.44. The van der Waals surface area contributed by atoms with Crippen molar-refractivity contribution in [1.82, 2.24) is 35.4 Å². The molecule has 8 heteroatoms. The summed E-state index contributed by atoms with van der Waals surface area (Å²) in [7, 11) is 0. The monoisotopic (exact) mass is 367 g/mol. The number of rotatable bonds is 5. The summed E-state index contributed by atoms with van der Waals surface area (Å²) in [4.78, 5) is 17.0. The highest BCUT2D eigenvalue weighted by Gasteiger charge is 2.24. The molecule has 0 aromatic carbocycles. The molecule has 0 unspecified atom stereocenters. The first-order chi connectivity index (χ1) is 13.0. The number of pyridine rings is 1. The molecule has 0 radical (unpaired) electrons. The van der Waals surface area contributed by atoms with Gasteiger partial charge >= 0.3 is 0 Å². The fraction of sp³-hybridized carbons (Fsp3) is 0.474. The Hall–Kier alpha value is -2.74. The van der Waals surface area contributed by atoms with E-state index in [1.165, 1.54) is 6.33 Å². The van der Waals surface area contributed by atoms with Gasteiger partial charge in [-0.3, -0.25) is 9.89 Å². The second-order valence-corrected chi connectivity index (χ2v) is 7.46. The van der Waals surface area contributed by atoms with Crippen molar-refractivity contribution >= 4 is 11.6 Å². The zero-order chi connectivity index (χ0) is 19.0. The minimum Gasteiger partial charge on any atom is -0.349 e. The smallest absolute Gasteiger partial charge is 0.269 e. The molecule has 4 rings (SSSR count). The highest BCUT2D eigenvalue weighted by molar-refractivity contribution is 5.95. The summed E-state index contributed by atoms with van der Waals surface area (Å²) >= 11 is 0. The predicted molar refractivity (Wildman–Crippen MR) is 103 cm³/mol. The first kappa shape index (κ1) is 17.7. The Morgan fingerprint density at radius 2 is 2.30 bits per heavy atom. The van der Waals surface area contributed by atoms with E-state index in [0.29, 0.717) is 18.3 Å². The maximum Gasteiger partial charge on any atom is 0.269 e. The number of carbonyl (C=O) groups is 1. The summed E-state index contributed by atoms with van der Waals surface area (Å²) in [6.07, 6.45) is 5.70. The van der Waals surface area contributed by atoms with Crippen molar-refractivity contribution < 1.29 is 4.79 Å². The van der Waals surface area contributed by atoms with Crippen LogP contribution < -0.4 is 10.6 Å². The number of carbonyl (C=O) groups excluding carboxylic acids is 1. The standard InChI is InChI=1S/C19H25N7O/c1-11(2)15-16(13-7-12(3)18-22-10-23-26(18)9-13)24-25-17(15)19(27)21-8-14-5-4-6-20-14/h7,9-11,14,20H,4-6,8H2,1-3H3,(H,21,27)(H,24,25)/t14-/m0/s1. The molecule has 142 valence electrons. The van der Waals surface area contributed by atoms with E-state index < -0.39 is 0 Å². The zero-order valence-electron chi connectivity index (χ0n) is 15.9. The average molecular weight is 367 g/mol. The summed E-state index contributed by atoms with van der Waals surface area (Å²) < 4.78 is 1.75. The van der Waals surface area contributed by atoms with E-state index in [9.17, 15) is 4.79 Å². The van der Waals surface area contributed by atoms with Gasteiger partial charge in [-0.2, -0.15) is 10.2 Å². The lowest BCUT2D eigenvalue weighted by Gasteiger charge is -2.13. The van der Waals surface area contributed by atoms with Crippen molar-refractivity contribution in [3.05, 3.63) is 35.4 Å². The van der Waals surface area contributed by atoms with Crippen LogP contribution in [-0.2, 0) is 0 Å². The van der Waals surface area contributed by atoms with Gasteiger partial charge in [0.15, 0.2) is 5.65 Å². The maximum absolute atomic E-state index is 12.8. The van der Waals surface area contributed by atoms with Crippen molar-refractivity contribution in [2.75, 3.05) is 13.1 Å². The molecule has 8 nitrogen and oxygen atoms in total. The minimum atomic E-state index is -0.107. The van der Waals surface area contributed by atoms with E-state index >= 15 is 0 Å².